The second kappa shape index (κ2) is 3.56. The summed E-state index contributed by atoms with van der Waals surface area (Å²) in [5.74, 6) is 0.0822. The van der Waals surface area contributed by atoms with Gasteiger partial charge >= 0.3 is 0 Å². The van der Waals surface area contributed by atoms with E-state index in [4.69, 9.17) is 5.21 Å². The second-order valence-corrected chi connectivity index (χ2v) is 2.78. The van der Waals surface area contributed by atoms with Gasteiger partial charge in [-0.3, -0.25) is 0 Å². The fourth-order valence-corrected chi connectivity index (χ4v) is 1.40. The standard InChI is InChI=1S/C7H13NO2/c9-7-4-2-1-3-6(7)5-8-10/h5-7,9-10H,1-4H2/b8-5+. The van der Waals surface area contributed by atoms with Gasteiger partial charge < -0.3 is 10.3 Å². The van der Waals surface area contributed by atoms with E-state index in [0.717, 1.165) is 25.7 Å². The molecular formula is C7H13NO2. The van der Waals surface area contributed by atoms with E-state index in [-0.39, 0.29) is 12.0 Å². The van der Waals surface area contributed by atoms with Crippen LogP contribution in [0, 0.1) is 5.92 Å². The fraction of sp³-hybridized carbons (Fsp3) is 0.857. The SMILES string of the molecule is O/N=C/C1CCCCC1O. The topological polar surface area (TPSA) is 52.8 Å². The maximum absolute atomic E-state index is 9.30. The third-order valence-corrected chi connectivity index (χ3v) is 2.04. The lowest BCUT2D eigenvalue weighted by molar-refractivity contribution is 0.102. The van der Waals surface area contributed by atoms with Crippen molar-refractivity contribution in [2.45, 2.75) is 31.8 Å². The first-order valence-corrected chi connectivity index (χ1v) is 3.70. The Bertz CT molecular complexity index is 125. The molecule has 1 fully saturated rings. The maximum atomic E-state index is 9.30. The summed E-state index contributed by atoms with van der Waals surface area (Å²) < 4.78 is 0. The molecule has 3 nitrogen and oxygen atoms in total. The number of aliphatic hydroxyl groups is 1. The molecule has 0 aliphatic heterocycles. The molecule has 1 saturated carbocycles. The number of hydrogen-bond donors (Lipinski definition) is 2. The molecule has 58 valence electrons. The zero-order chi connectivity index (χ0) is 7.40. The Kier molecular flexibility index (Phi) is 2.68. The summed E-state index contributed by atoms with van der Waals surface area (Å²) in [4.78, 5) is 0. The highest BCUT2D eigenvalue weighted by molar-refractivity contribution is 5.60. The van der Waals surface area contributed by atoms with Crippen molar-refractivity contribution < 1.29 is 10.3 Å². The van der Waals surface area contributed by atoms with Gasteiger partial charge in [0.1, 0.15) is 0 Å². The van der Waals surface area contributed by atoms with Crippen LogP contribution in [0.1, 0.15) is 25.7 Å². The predicted molar refractivity (Wildman–Crippen MR) is 38.2 cm³/mol. The average Bonchev–Trinajstić information content (AvgIpc) is 1.94. The number of oxime groups is 1. The number of nitrogens with zero attached hydrogens (tertiary/aromatic N) is 1. The van der Waals surface area contributed by atoms with Gasteiger partial charge in [-0.1, -0.05) is 12.8 Å². The first kappa shape index (κ1) is 7.54. The van der Waals surface area contributed by atoms with Gasteiger partial charge in [0.2, 0.25) is 0 Å². The lowest BCUT2D eigenvalue weighted by atomic mass is 9.87. The van der Waals surface area contributed by atoms with Crippen molar-refractivity contribution in [1.82, 2.24) is 0 Å². The molecule has 0 spiro atoms. The summed E-state index contributed by atoms with van der Waals surface area (Å²) >= 11 is 0. The van der Waals surface area contributed by atoms with Gasteiger partial charge in [-0.25, -0.2) is 0 Å². The zero-order valence-corrected chi connectivity index (χ0v) is 5.90. The van der Waals surface area contributed by atoms with Crippen LogP contribution in [0.5, 0.6) is 0 Å². The van der Waals surface area contributed by atoms with Crippen molar-refractivity contribution in [3.05, 3.63) is 0 Å². The van der Waals surface area contributed by atoms with Crippen LogP contribution in [-0.4, -0.2) is 22.6 Å². The average molecular weight is 143 g/mol. The molecule has 1 rings (SSSR count). The van der Waals surface area contributed by atoms with Crippen molar-refractivity contribution >= 4 is 6.21 Å². The summed E-state index contributed by atoms with van der Waals surface area (Å²) in [7, 11) is 0. The molecule has 1 aliphatic carbocycles. The largest absolute Gasteiger partial charge is 0.411 e. The van der Waals surface area contributed by atoms with Crippen molar-refractivity contribution in [1.29, 1.82) is 0 Å². The van der Waals surface area contributed by atoms with E-state index in [2.05, 4.69) is 5.16 Å². The van der Waals surface area contributed by atoms with Gasteiger partial charge in [0.15, 0.2) is 0 Å². The quantitative estimate of drug-likeness (QED) is 0.327. The van der Waals surface area contributed by atoms with E-state index in [1.807, 2.05) is 0 Å². The summed E-state index contributed by atoms with van der Waals surface area (Å²) in [5.41, 5.74) is 0. The van der Waals surface area contributed by atoms with Crippen molar-refractivity contribution in [3.63, 3.8) is 0 Å². The fourth-order valence-electron chi connectivity index (χ4n) is 1.40. The normalized spacial score (nSPS) is 34.9. The predicted octanol–water partition coefficient (Wildman–Crippen LogP) is 0.998. The van der Waals surface area contributed by atoms with Gasteiger partial charge in [-0.2, -0.15) is 0 Å². The van der Waals surface area contributed by atoms with Gasteiger partial charge in [0, 0.05) is 12.1 Å². The molecule has 3 heteroatoms. The van der Waals surface area contributed by atoms with E-state index in [1.54, 1.807) is 0 Å². The minimum Gasteiger partial charge on any atom is -0.411 e. The van der Waals surface area contributed by atoms with Crippen LogP contribution in [0.4, 0.5) is 0 Å². The molecule has 0 aromatic rings. The van der Waals surface area contributed by atoms with E-state index in [0.29, 0.717) is 0 Å². The van der Waals surface area contributed by atoms with E-state index in [9.17, 15) is 5.11 Å². The molecule has 0 saturated heterocycles. The molecule has 2 unspecified atom stereocenters. The van der Waals surface area contributed by atoms with Crippen LogP contribution >= 0.6 is 0 Å². The molecular weight excluding hydrogens is 130 g/mol. The molecule has 0 bridgehead atoms. The number of aliphatic hydroxyl groups excluding tert-OH is 1. The summed E-state index contributed by atoms with van der Waals surface area (Å²) in [6.45, 7) is 0. The first-order chi connectivity index (χ1) is 4.84. The van der Waals surface area contributed by atoms with Crippen LogP contribution in [0.2, 0.25) is 0 Å². The molecule has 0 heterocycles. The molecule has 1 aliphatic rings. The molecule has 10 heavy (non-hydrogen) atoms. The van der Waals surface area contributed by atoms with Gasteiger partial charge in [0.05, 0.1) is 6.10 Å². The third kappa shape index (κ3) is 1.70. The van der Waals surface area contributed by atoms with Crippen LogP contribution in [0.25, 0.3) is 0 Å². The summed E-state index contributed by atoms with van der Waals surface area (Å²) in [6, 6.07) is 0. The Labute approximate surface area is 60.4 Å². The van der Waals surface area contributed by atoms with Gasteiger partial charge in [-0.05, 0) is 12.8 Å². The zero-order valence-electron chi connectivity index (χ0n) is 5.90. The molecule has 0 radical (unpaired) electrons. The third-order valence-electron chi connectivity index (χ3n) is 2.04. The first-order valence-electron chi connectivity index (χ1n) is 3.70. The Hall–Kier alpha value is -0.570. The van der Waals surface area contributed by atoms with Gasteiger partial charge in [0.25, 0.3) is 0 Å². The van der Waals surface area contributed by atoms with Crippen LogP contribution in [0.15, 0.2) is 5.16 Å². The highest BCUT2D eigenvalue weighted by Gasteiger charge is 2.20. The number of rotatable bonds is 1. The van der Waals surface area contributed by atoms with Crippen LogP contribution in [-0.2, 0) is 0 Å². The summed E-state index contributed by atoms with van der Waals surface area (Å²) in [5, 5.41) is 20.4. The van der Waals surface area contributed by atoms with Crippen LogP contribution < -0.4 is 0 Å². The second-order valence-electron chi connectivity index (χ2n) is 2.78. The van der Waals surface area contributed by atoms with Crippen molar-refractivity contribution in [3.8, 4) is 0 Å². The minimum absolute atomic E-state index is 0.0822. The Morgan fingerprint density at radius 2 is 2.00 bits per heavy atom. The highest BCUT2D eigenvalue weighted by Crippen LogP contribution is 2.22. The van der Waals surface area contributed by atoms with Gasteiger partial charge in [-0.15, -0.1) is 5.16 Å². The van der Waals surface area contributed by atoms with E-state index >= 15 is 0 Å². The Morgan fingerprint density at radius 3 is 2.60 bits per heavy atom. The number of hydrogen-bond acceptors (Lipinski definition) is 3. The minimum atomic E-state index is -0.287. The highest BCUT2D eigenvalue weighted by atomic mass is 16.4. The molecule has 2 atom stereocenters. The van der Waals surface area contributed by atoms with Crippen LogP contribution in [0.3, 0.4) is 0 Å². The lowest BCUT2D eigenvalue weighted by Crippen LogP contribution is -2.25. The van der Waals surface area contributed by atoms with Crippen molar-refractivity contribution in [2.24, 2.45) is 11.1 Å². The van der Waals surface area contributed by atoms with E-state index < -0.39 is 0 Å². The molecule has 0 aromatic heterocycles. The maximum Gasteiger partial charge on any atom is 0.0619 e. The smallest absolute Gasteiger partial charge is 0.0619 e. The molecule has 0 amide bonds. The summed E-state index contributed by atoms with van der Waals surface area (Å²) in [6.07, 6.45) is 5.17. The van der Waals surface area contributed by atoms with Crippen molar-refractivity contribution in [2.75, 3.05) is 0 Å². The molecule has 2 N–H and O–H groups in total. The monoisotopic (exact) mass is 143 g/mol. The lowest BCUT2D eigenvalue weighted by Gasteiger charge is -2.23. The van der Waals surface area contributed by atoms with E-state index in [1.165, 1.54) is 6.21 Å². The Morgan fingerprint density at radius 1 is 1.30 bits per heavy atom. The Balaban J connectivity index is 2.39. The molecule has 0 aromatic carbocycles.